The van der Waals surface area contributed by atoms with Crippen molar-refractivity contribution in [3.05, 3.63) is 41.5 Å². The SMILES string of the molecule is CCOCCC(=O)N(C)Cc1ccc(C=CC(=O)O)cc1. The molecule has 0 aliphatic rings. The van der Waals surface area contributed by atoms with E-state index < -0.39 is 5.97 Å². The average molecular weight is 291 g/mol. The number of carbonyl (C=O) groups excluding carboxylic acids is 1. The first-order valence-corrected chi connectivity index (χ1v) is 6.84. The van der Waals surface area contributed by atoms with E-state index in [0.717, 1.165) is 17.2 Å². The first-order valence-electron chi connectivity index (χ1n) is 6.84. The fraction of sp³-hybridized carbons (Fsp3) is 0.375. The number of hydrogen-bond donors (Lipinski definition) is 1. The van der Waals surface area contributed by atoms with Gasteiger partial charge in [-0.05, 0) is 24.1 Å². The van der Waals surface area contributed by atoms with E-state index in [0.29, 0.717) is 26.2 Å². The number of rotatable bonds is 8. The Kier molecular flexibility index (Phi) is 7.18. The Morgan fingerprint density at radius 3 is 2.52 bits per heavy atom. The molecule has 1 aromatic carbocycles. The molecule has 0 fully saturated rings. The van der Waals surface area contributed by atoms with Crippen molar-refractivity contribution in [1.29, 1.82) is 0 Å². The first kappa shape index (κ1) is 16.9. The van der Waals surface area contributed by atoms with Gasteiger partial charge in [0.2, 0.25) is 5.91 Å². The first-order chi connectivity index (χ1) is 10.0. The number of carbonyl (C=O) groups is 2. The van der Waals surface area contributed by atoms with Crippen molar-refractivity contribution in [2.75, 3.05) is 20.3 Å². The topological polar surface area (TPSA) is 66.8 Å². The largest absolute Gasteiger partial charge is 0.478 e. The Morgan fingerprint density at radius 1 is 1.29 bits per heavy atom. The summed E-state index contributed by atoms with van der Waals surface area (Å²) in [6.07, 6.45) is 3.01. The predicted molar refractivity (Wildman–Crippen MR) is 80.7 cm³/mol. The fourth-order valence-corrected chi connectivity index (χ4v) is 1.76. The van der Waals surface area contributed by atoms with E-state index in [1.807, 2.05) is 31.2 Å². The number of carboxylic acid groups (broad SMARTS) is 1. The monoisotopic (exact) mass is 291 g/mol. The Morgan fingerprint density at radius 2 is 1.95 bits per heavy atom. The zero-order valence-electron chi connectivity index (χ0n) is 12.4. The summed E-state index contributed by atoms with van der Waals surface area (Å²) in [6, 6.07) is 7.42. The zero-order chi connectivity index (χ0) is 15.7. The lowest BCUT2D eigenvalue weighted by Gasteiger charge is -2.17. The van der Waals surface area contributed by atoms with Crippen molar-refractivity contribution in [3.63, 3.8) is 0 Å². The Labute approximate surface area is 124 Å². The summed E-state index contributed by atoms with van der Waals surface area (Å²) in [6.45, 7) is 3.48. The van der Waals surface area contributed by atoms with Crippen LogP contribution < -0.4 is 0 Å². The van der Waals surface area contributed by atoms with Crippen LogP contribution >= 0.6 is 0 Å². The molecule has 5 heteroatoms. The van der Waals surface area contributed by atoms with Gasteiger partial charge in [0.1, 0.15) is 0 Å². The Hall–Kier alpha value is -2.14. The highest BCUT2D eigenvalue weighted by atomic mass is 16.5. The second kappa shape index (κ2) is 8.92. The summed E-state index contributed by atoms with van der Waals surface area (Å²) < 4.78 is 5.16. The molecule has 1 rings (SSSR count). The molecule has 0 unspecified atom stereocenters. The van der Waals surface area contributed by atoms with Crippen molar-refractivity contribution in [2.45, 2.75) is 19.9 Å². The quantitative estimate of drug-likeness (QED) is 0.589. The third-order valence-electron chi connectivity index (χ3n) is 2.91. The maximum atomic E-state index is 11.8. The summed E-state index contributed by atoms with van der Waals surface area (Å²) in [5, 5.41) is 8.56. The molecule has 0 spiro atoms. The molecule has 0 radical (unpaired) electrons. The van der Waals surface area contributed by atoms with E-state index in [-0.39, 0.29) is 5.91 Å². The van der Waals surface area contributed by atoms with Crippen LogP contribution in [0.5, 0.6) is 0 Å². The predicted octanol–water partition coefficient (Wildman–Crippen LogP) is 2.17. The van der Waals surface area contributed by atoms with Gasteiger partial charge >= 0.3 is 5.97 Å². The van der Waals surface area contributed by atoms with Crippen LogP contribution in [0.1, 0.15) is 24.5 Å². The van der Waals surface area contributed by atoms with Crippen LogP contribution in [0.4, 0.5) is 0 Å². The Bertz CT molecular complexity index is 494. The molecular formula is C16H21NO4. The summed E-state index contributed by atoms with van der Waals surface area (Å²) in [4.78, 5) is 23.9. The van der Waals surface area contributed by atoms with Gasteiger partial charge in [0, 0.05) is 26.3 Å². The molecular weight excluding hydrogens is 270 g/mol. The van der Waals surface area contributed by atoms with Gasteiger partial charge in [0.05, 0.1) is 13.0 Å². The standard InChI is InChI=1S/C16H21NO4/c1-3-21-11-10-15(18)17(2)12-14-6-4-13(5-7-14)8-9-16(19)20/h4-9H,3,10-12H2,1-2H3,(H,19,20). The van der Waals surface area contributed by atoms with Gasteiger partial charge in [-0.25, -0.2) is 4.79 Å². The molecule has 0 heterocycles. The van der Waals surface area contributed by atoms with Crippen molar-refractivity contribution >= 4 is 18.0 Å². The van der Waals surface area contributed by atoms with Crippen molar-refractivity contribution in [2.24, 2.45) is 0 Å². The summed E-state index contributed by atoms with van der Waals surface area (Å²) in [5.41, 5.74) is 1.81. The van der Waals surface area contributed by atoms with Gasteiger partial charge in [0.15, 0.2) is 0 Å². The molecule has 114 valence electrons. The number of hydrogen-bond acceptors (Lipinski definition) is 3. The van der Waals surface area contributed by atoms with Gasteiger partial charge in [-0.2, -0.15) is 0 Å². The molecule has 1 N–H and O–H groups in total. The minimum atomic E-state index is -0.973. The minimum absolute atomic E-state index is 0.0401. The van der Waals surface area contributed by atoms with Gasteiger partial charge in [-0.3, -0.25) is 4.79 Å². The van der Waals surface area contributed by atoms with E-state index in [1.54, 1.807) is 11.9 Å². The number of nitrogens with zero attached hydrogens (tertiary/aromatic N) is 1. The molecule has 21 heavy (non-hydrogen) atoms. The van der Waals surface area contributed by atoms with Gasteiger partial charge < -0.3 is 14.7 Å². The number of benzene rings is 1. The van der Waals surface area contributed by atoms with E-state index in [2.05, 4.69) is 0 Å². The molecule has 1 aromatic rings. The molecule has 1 amide bonds. The number of amides is 1. The third-order valence-corrected chi connectivity index (χ3v) is 2.91. The zero-order valence-corrected chi connectivity index (χ0v) is 12.4. The second-order valence-corrected chi connectivity index (χ2v) is 4.61. The van der Waals surface area contributed by atoms with E-state index in [9.17, 15) is 9.59 Å². The lowest BCUT2D eigenvalue weighted by Crippen LogP contribution is -2.27. The van der Waals surface area contributed by atoms with Crippen LogP contribution in [-0.2, 0) is 20.9 Å². The molecule has 0 saturated heterocycles. The van der Waals surface area contributed by atoms with Crippen molar-refractivity contribution in [3.8, 4) is 0 Å². The van der Waals surface area contributed by atoms with Crippen LogP contribution in [0.3, 0.4) is 0 Å². The van der Waals surface area contributed by atoms with Gasteiger partial charge in [-0.15, -0.1) is 0 Å². The Balaban J connectivity index is 2.51. The molecule has 0 bridgehead atoms. The summed E-state index contributed by atoms with van der Waals surface area (Å²) >= 11 is 0. The van der Waals surface area contributed by atoms with E-state index >= 15 is 0 Å². The lowest BCUT2D eigenvalue weighted by atomic mass is 10.1. The van der Waals surface area contributed by atoms with Crippen molar-refractivity contribution < 1.29 is 19.4 Å². The van der Waals surface area contributed by atoms with Gasteiger partial charge in [0.25, 0.3) is 0 Å². The summed E-state index contributed by atoms with van der Waals surface area (Å²) in [5.74, 6) is -0.933. The normalized spacial score (nSPS) is 10.8. The highest BCUT2D eigenvalue weighted by Crippen LogP contribution is 2.09. The van der Waals surface area contributed by atoms with E-state index in [4.69, 9.17) is 9.84 Å². The fourth-order valence-electron chi connectivity index (χ4n) is 1.76. The van der Waals surface area contributed by atoms with Crippen LogP contribution in [0.2, 0.25) is 0 Å². The highest BCUT2D eigenvalue weighted by Gasteiger charge is 2.08. The lowest BCUT2D eigenvalue weighted by molar-refractivity contribution is -0.132. The molecule has 0 saturated carbocycles. The second-order valence-electron chi connectivity index (χ2n) is 4.61. The minimum Gasteiger partial charge on any atom is -0.478 e. The number of ether oxygens (including phenoxy) is 1. The van der Waals surface area contributed by atoms with Crippen LogP contribution in [0.15, 0.2) is 30.3 Å². The number of aliphatic carboxylic acids is 1. The third kappa shape index (κ3) is 6.72. The highest BCUT2D eigenvalue weighted by molar-refractivity contribution is 5.85. The maximum Gasteiger partial charge on any atom is 0.328 e. The molecule has 0 aliphatic carbocycles. The van der Waals surface area contributed by atoms with Gasteiger partial charge in [-0.1, -0.05) is 24.3 Å². The van der Waals surface area contributed by atoms with E-state index in [1.165, 1.54) is 6.08 Å². The smallest absolute Gasteiger partial charge is 0.328 e. The molecule has 5 nitrogen and oxygen atoms in total. The number of carboxylic acids is 1. The molecule has 0 atom stereocenters. The van der Waals surface area contributed by atoms with Crippen LogP contribution in [-0.4, -0.2) is 42.1 Å². The average Bonchev–Trinajstić information content (AvgIpc) is 2.46. The maximum absolute atomic E-state index is 11.8. The molecule has 0 aromatic heterocycles. The van der Waals surface area contributed by atoms with Crippen LogP contribution in [0.25, 0.3) is 6.08 Å². The molecule has 0 aliphatic heterocycles. The van der Waals surface area contributed by atoms with Crippen LogP contribution in [0, 0.1) is 0 Å². The van der Waals surface area contributed by atoms with Crippen molar-refractivity contribution in [1.82, 2.24) is 4.90 Å². The summed E-state index contributed by atoms with van der Waals surface area (Å²) in [7, 11) is 1.76.